The van der Waals surface area contributed by atoms with Gasteiger partial charge in [0.05, 0.1) is 23.8 Å². The highest BCUT2D eigenvalue weighted by molar-refractivity contribution is 6.33. The van der Waals surface area contributed by atoms with E-state index in [1.807, 2.05) is 6.92 Å². The van der Waals surface area contributed by atoms with E-state index in [1.165, 1.54) is 0 Å². The standard InChI is InChI=1S/C22H30ClNO5/c1-13-17(21(25)26)14(2)19-20(18(13)23)29-22(3,28-19)16-6-4-15(5-7-16)12-24-8-10-27-11-9-24/h15-16H,4-12H2,1-3H3,(H,25,26). The SMILES string of the molecule is Cc1c(Cl)c2c(c(C)c1C(=O)O)OC(C)(C1CCC(CN3CCOCC3)CC1)O2. The first-order chi connectivity index (χ1) is 13.8. The number of aromatic carboxylic acids is 1. The largest absolute Gasteiger partial charge is 0.478 e. The van der Waals surface area contributed by atoms with Crippen LogP contribution in [-0.2, 0) is 4.74 Å². The van der Waals surface area contributed by atoms with E-state index in [2.05, 4.69) is 4.90 Å². The molecule has 2 heterocycles. The van der Waals surface area contributed by atoms with Gasteiger partial charge in [0, 0.05) is 38.0 Å². The maximum absolute atomic E-state index is 11.7. The average Bonchev–Trinajstić information content (AvgIpc) is 3.07. The van der Waals surface area contributed by atoms with E-state index in [-0.39, 0.29) is 11.5 Å². The van der Waals surface area contributed by atoms with Gasteiger partial charge in [-0.2, -0.15) is 0 Å². The predicted octanol–water partition coefficient (Wildman–Crippen LogP) is 4.28. The number of fused-ring (bicyclic) bond motifs is 1. The van der Waals surface area contributed by atoms with Crippen LogP contribution in [-0.4, -0.2) is 54.6 Å². The van der Waals surface area contributed by atoms with E-state index in [9.17, 15) is 9.90 Å². The second kappa shape index (κ2) is 7.97. The van der Waals surface area contributed by atoms with Crippen molar-refractivity contribution in [2.45, 2.75) is 52.2 Å². The van der Waals surface area contributed by atoms with Crippen LogP contribution in [0.1, 0.15) is 54.1 Å². The number of carboxylic acids is 1. The lowest BCUT2D eigenvalue weighted by Crippen LogP contribution is -2.46. The van der Waals surface area contributed by atoms with Crippen LogP contribution in [0, 0.1) is 25.7 Å². The summed E-state index contributed by atoms with van der Waals surface area (Å²) in [5.74, 6) is 0.124. The van der Waals surface area contributed by atoms with Crippen molar-refractivity contribution in [1.29, 1.82) is 0 Å². The highest BCUT2D eigenvalue weighted by atomic mass is 35.5. The van der Waals surface area contributed by atoms with Gasteiger partial charge >= 0.3 is 5.97 Å². The maximum Gasteiger partial charge on any atom is 0.336 e. The molecule has 6 nitrogen and oxygen atoms in total. The first-order valence-corrected chi connectivity index (χ1v) is 10.9. The second-order valence-corrected chi connectivity index (χ2v) is 9.13. The molecule has 2 aliphatic heterocycles. The normalized spacial score (nSPS) is 29.8. The summed E-state index contributed by atoms with van der Waals surface area (Å²) in [6, 6.07) is 0. The molecule has 0 spiro atoms. The number of carbonyl (C=O) groups is 1. The molecule has 1 aliphatic carbocycles. The molecular weight excluding hydrogens is 394 g/mol. The Balaban J connectivity index is 1.45. The Morgan fingerprint density at radius 1 is 1.10 bits per heavy atom. The van der Waals surface area contributed by atoms with Gasteiger partial charge in [-0.3, -0.25) is 4.90 Å². The molecule has 1 saturated heterocycles. The van der Waals surface area contributed by atoms with Gasteiger partial charge in [-0.1, -0.05) is 11.6 Å². The first-order valence-electron chi connectivity index (χ1n) is 10.5. The number of hydrogen-bond donors (Lipinski definition) is 1. The van der Waals surface area contributed by atoms with Gasteiger partial charge in [0.15, 0.2) is 11.5 Å². The summed E-state index contributed by atoms with van der Waals surface area (Å²) < 4.78 is 18.0. The summed E-state index contributed by atoms with van der Waals surface area (Å²) in [4.78, 5) is 14.2. The van der Waals surface area contributed by atoms with E-state index in [4.69, 9.17) is 25.8 Å². The Kier molecular flexibility index (Phi) is 5.70. The zero-order valence-electron chi connectivity index (χ0n) is 17.4. The monoisotopic (exact) mass is 423 g/mol. The van der Waals surface area contributed by atoms with Crippen molar-refractivity contribution in [2.24, 2.45) is 11.8 Å². The van der Waals surface area contributed by atoms with Crippen molar-refractivity contribution in [3.05, 3.63) is 21.7 Å². The Labute approximate surface area is 177 Å². The van der Waals surface area contributed by atoms with E-state index in [0.29, 0.717) is 33.6 Å². The number of rotatable bonds is 4. The van der Waals surface area contributed by atoms with Gasteiger partial charge in [0.25, 0.3) is 5.79 Å². The minimum atomic E-state index is -0.995. The summed E-state index contributed by atoms with van der Waals surface area (Å²) in [5, 5.41) is 9.92. The van der Waals surface area contributed by atoms with E-state index < -0.39 is 11.8 Å². The summed E-state index contributed by atoms with van der Waals surface area (Å²) in [6.45, 7) is 10.3. The van der Waals surface area contributed by atoms with Crippen molar-refractivity contribution >= 4 is 17.6 Å². The fourth-order valence-electron chi connectivity index (χ4n) is 5.09. The fraction of sp³-hybridized carbons (Fsp3) is 0.682. The zero-order valence-corrected chi connectivity index (χ0v) is 18.2. The molecule has 1 N–H and O–H groups in total. The lowest BCUT2D eigenvalue weighted by Gasteiger charge is -2.39. The third-order valence-corrected chi connectivity index (χ3v) is 7.31. The number of benzene rings is 1. The molecule has 0 bridgehead atoms. The van der Waals surface area contributed by atoms with Gasteiger partial charge in [-0.05, 0) is 51.0 Å². The minimum absolute atomic E-state index is 0.204. The van der Waals surface area contributed by atoms with Crippen molar-refractivity contribution in [2.75, 3.05) is 32.8 Å². The average molecular weight is 424 g/mol. The van der Waals surface area contributed by atoms with Gasteiger partial charge in [-0.25, -0.2) is 4.79 Å². The molecule has 0 radical (unpaired) electrons. The van der Waals surface area contributed by atoms with Crippen molar-refractivity contribution < 1.29 is 24.1 Å². The topological polar surface area (TPSA) is 68.2 Å². The Morgan fingerprint density at radius 2 is 1.72 bits per heavy atom. The predicted molar refractivity (Wildman–Crippen MR) is 110 cm³/mol. The lowest BCUT2D eigenvalue weighted by molar-refractivity contribution is -0.123. The minimum Gasteiger partial charge on any atom is -0.478 e. The molecule has 1 atom stereocenters. The molecule has 1 saturated carbocycles. The highest BCUT2D eigenvalue weighted by Crippen LogP contribution is 2.53. The molecule has 29 heavy (non-hydrogen) atoms. The Bertz CT molecular complexity index is 799. The van der Waals surface area contributed by atoms with Crippen LogP contribution in [0.5, 0.6) is 11.5 Å². The molecule has 2 fully saturated rings. The number of halogens is 1. The molecule has 160 valence electrons. The van der Waals surface area contributed by atoms with Gasteiger partial charge in [-0.15, -0.1) is 0 Å². The smallest absolute Gasteiger partial charge is 0.336 e. The van der Waals surface area contributed by atoms with Crippen LogP contribution in [0.25, 0.3) is 0 Å². The summed E-state index contributed by atoms with van der Waals surface area (Å²) in [7, 11) is 0. The van der Waals surface area contributed by atoms with Crippen LogP contribution in [0.15, 0.2) is 0 Å². The number of hydrogen-bond acceptors (Lipinski definition) is 5. The van der Waals surface area contributed by atoms with Crippen molar-refractivity contribution in [3.63, 3.8) is 0 Å². The summed E-state index contributed by atoms with van der Waals surface area (Å²) in [5.41, 5.74) is 1.31. The molecule has 7 heteroatoms. The lowest BCUT2D eigenvalue weighted by atomic mass is 9.78. The van der Waals surface area contributed by atoms with Crippen LogP contribution in [0.3, 0.4) is 0 Å². The molecule has 0 amide bonds. The van der Waals surface area contributed by atoms with Crippen LogP contribution in [0.4, 0.5) is 0 Å². The second-order valence-electron chi connectivity index (χ2n) is 8.75. The highest BCUT2D eigenvalue weighted by Gasteiger charge is 2.48. The quantitative estimate of drug-likeness (QED) is 0.779. The number of carboxylic acid groups (broad SMARTS) is 1. The van der Waals surface area contributed by atoms with E-state index in [1.54, 1.807) is 13.8 Å². The Morgan fingerprint density at radius 3 is 2.34 bits per heavy atom. The molecular formula is C22H30ClNO5. The van der Waals surface area contributed by atoms with Crippen LogP contribution < -0.4 is 9.47 Å². The third-order valence-electron chi connectivity index (χ3n) is 6.86. The van der Waals surface area contributed by atoms with Crippen molar-refractivity contribution in [3.8, 4) is 11.5 Å². The van der Waals surface area contributed by atoms with Crippen LogP contribution in [0.2, 0.25) is 5.02 Å². The summed E-state index contributed by atoms with van der Waals surface area (Å²) in [6.07, 6.45) is 4.35. The maximum atomic E-state index is 11.7. The zero-order chi connectivity index (χ0) is 20.8. The Hall–Kier alpha value is -1.50. The molecule has 0 aromatic heterocycles. The van der Waals surface area contributed by atoms with E-state index in [0.717, 1.165) is 58.5 Å². The number of nitrogens with zero attached hydrogens (tertiary/aromatic N) is 1. The molecule has 1 unspecified atom stereocenters. The molecule has 3 aliphatic rings. The number of ether oxygens (including phenoxy) is 3. The molecule has 4 rings (SSSR count). The third kappa shape index (κ3) is 3.82. The van der Waals surface area contributed by atoms with Gasteiger partial charge in [0.1, 0.15) is 0 Å². The molecule has 1 aromatic carbocycles. The fourth-order valence-corrected chi connectivity index (χ4v) is 5.31. The molecule has 1 aromatic rings. The van der Waals surface area contributed by atoms with Crippen LogP contribution >= 0.6 is 11.6 Å². The number of morpholine rings is 1. The van der Waals surface area contributed by atoms with Gasteiger partial charge < -0.3 is 19.3 Å². The van der Waals surface area contributed by atoms with Crippen molar-refractivity contribution in [1.82, 2.24) is 4.90 Å². The van der Waals surface area contributed by atoms with E-state index >= 15 is 0 Å². The summed E-state index contributed by atoms with van der Waals surface area (Å²) >= 11 is 6.47. The first kappa shape index (κ1) is 20.8. The van der Waals surface area contributed by atoms with Gasteiger partial charge in [0.2, 0.25) is 0 Å².